The lowest BCUT2D eigenvalue weighted by Gasteiger charge is -2.21. The second-order valence-corrected chi connectivity index (χ2v) is 7.42. The monoisotopic (exact) mass is 449 g/mol. The maximum absolute atomic E-state index is 13.1. The normalized spacial score (nSPS) is 11.9. The van der Waals surface area contributed by atoms with Crippen LogP contribution in [0.3, 0.4) is 0 Å². The van der Waals surface area contributed by atoms with E-state index < -0.39 is 18.1 Å². The van der Waals surface area contributed by atoms with Crippen molar-refractivity contribution in [2.24, 2.45) is 5.73 Å². The molecule has 0 radical (unpaired) electrons. The van der Waals surface area contributed by atoms with Gasteiger partial charge in [-0.15, -0.1) is 0 Å². The van der Waals surface area contributed by atoms with Crippen LogP contribution >= 0.6 is 0 Å². The fourth-order valence-electron chi connectivity index (χ4n) is 3.17. The molecule has 2 aromatic carbocycles. The van der Waals surface area contributed by atoms with E-state index in [1.54, 1.807) is 31.2 Å². The first-order valence-electron chi connectivity index (χ1n) is 11.1. The lowest BCUT2D eigenvalue weighted by atomic mass is 10.0. The third-order valence-electron chi connectivity index (χ3n) is 4.83. The van der Waals surface area contributed by atoms with Gasteiger partial charge in [-0.25, -0.2) is 4.79 Å². The molecule has 33 heavy (non-hydrogen) atoms. The molecule has 0 aliphatic rings. The number of carbonyl (C=O) groups is 3. The van der Waals surface area contributed by atoms with Crippen molar-refractivity contribution < 1.29 is 19.1 Å². The van der Waals surface area contributed by atoms with Crippen molar-refractivity contribution in [1.29, 1.82) is 0 Å². The van der Waals surface area contributed by atoms with Gasteiger partial charge in [0.2, 0.25) is 5.91 Å². The average molecular weight is 450 g/mol. The van der Waals surface area contributed by atoms with E-state index in [1.807, 2.05) is 36.4 Å². The van der Waals surface area contributed by atoms with Crippen molar-refractivity contribution in [2.75, 3.05) is 13.2 Å². The van der Waals surface area contributed by atoms with Gasteiger partial charge in [0.1, 0.15) is 6.04 Å². The number of benzene rings is 2. The lowest BCUT2D eigenvalue weighted by Crippen LogP contribution is -2.50. The van der Waals surface area contributed by atoms with Gasteiger partial charge in [-0.1, -0.05) is 54.5 Å². The van der Waals surface area contributed by atoms with Crippen LogP contribution in [0, 0.1) is 11.8 Å². The molecule has 0 bridgehead atoms. The van der Waals surface area contributed by atoms with E-state index in [4.69, 9.17) is 10.5 Å². The van der Waals surface area contributed by atoms with Crippen LogP contribution in [0.4, 0.5) is 0 Å². The van der Waals surface area contributed by atoms with Crippen LogP contribution in [-0.4, -0.2) is 43.0 Å². The van der Waals surface area contributed by atoms with Crippen LogP contribution < -0.4 is 16.4 Å². The Morgan fingerprint density at radius 3 is 2.27 bits per heavy atom. The molecular weight excluding hydrogens is 418 g/mol. The minimum atomic E-state index is -0.757. The first kappa shape index (κ1) is 25.6. The molecular formula is C26H31N3O4. The highest BCUT2D eigenvalue weighted by Crippen LogP contribution is 2.07. The van der Waals surface area contributed by atoms with E-state index in [1.165, 1.54) is 0 Å². The van der Waals surface area contributed by atoms with E-state index in [0.717, 1.165) is 12.0 Å². The Bertz CT molecular complexity index is 952. The molecule has 0 saturated carbocycles. The van der Waals surface area contributed by atoms with E-state index >= 15 is 0 Å². The average Bonchev–Trinajstić information content (AvgIpc) is 2.83. The molecule has 7 heteroatoms. The molecule has 7 nitrogen and oxygen atoms in total. The summed E-state index contributed by atoms with van der Waals surface area (Å²) in [5, 5.41) is 5.70. The molecule has 0 aliphatic heterocycles. The highest BCUT2D eigenvalue weighted by atomic mass is 16.5. The van der Waals surface area contributed by atoms with Gasteiger partial charge in [0, 0.05) is 17.9 Å². The van der Waals surface area contributed by atoms with Crippen molar-refractivity contribution >= 4 is 17.8 Å². The van der Waals surface area contributed by atoms with Crippen LogP contribution in [0.5, 0.6) is 0 Å². The molecule has 0 heterocycles. The second kappa shape index (κ2) is 14.4. The molecule has 2 amide bonds. The summed E-state index contributed by atoms with van der Waals surface area (Å²) < 4.78 is 4.87. The van der Waals surface area contributed by atoms with Gasteiger partial charge in [-0.05, 0) is 50.4 Å². The topological polar surface area (TPSA) is 111 Å². The Labute approximate surface area is 195 Å². The number of esters is 1. The molecule has 2 atom stereocenters. The summed E-state index contributed by atoms with van der Waals surface area (Å²) in [5.74, 6) is 3.89. The number of rotatable bonds is 11. The van der Waals surface area contributed by atoms with E-state index in [9.17, 15) is 14.4 Å². The van der Waals surface area contributed by atoms with Crippen molar-refractivity contribution in [2.45, 2.75) is 44.7 Å². The van der Waals surface area contributed by atoms with Crippen LogP contribution in [-0.2, 0) is 20.7 Å². The summed E-state index contributed by atoms with van der Waals surface area (Å²) in [6.07, 6.45) is 2.26. The van der Waals surface area contributed by atoms with Gasteiger partial charge in [0.05, 0.1) is 12.6 Å². The number of unbranched alkanes of at least 4 members (excludes halogenated alkanes) is 1. The number of nitrogens with two attached hydrogens (primary N) is 1. The minimum absolute atomic E-state index is 0.220. The van der Waals surface area contributed by atoms with Crippen molar-refractivity contribution in [3.63, 3.8) is 0 Å². The number of carbonyl (C=O) groups excluding carboxylic acids is 3. The summed E-state index contributed by atoms with van der Waals surface area (Å²) in [7, 11) is 0. The SMILES string of the molecule is CCOC(=O)C#C[C@H](Cc1ccccc1)NC(=O)[C@H](CCCCN)NC(=O)c1ccccc1. The summed E-state index contributed by atoms with van der Waals surface area (Å²) in [5.41, 5.74) is 7.01. The van der Waals surface area contributed by atoms with Crippen molar-refractivity contribution in [3.05, 3.63) is 71.8 Å². The van der Waals surface area contributed by atoms with Crippen molar-refractivity contribution in [3.8, 4) is 11.8 Å². The third kappa shape index (κ3) is 9.58. The zero-order valence-electron chi connectivity index (χ0n) is 18.9. The van der Waals surface area contributed by atoms with Crippen LogP contribution in [0.2, 0.25) is 0 Å². The van der Waals surface area contributed by atoms with Gasteiger partial charge in [-0.3, -0.25) is 9.59 Å². The maximum atomic E-state index is 13.1. The van der Waals surface area contributed by atoms with E-state index in [0.29, 0.717) is 31.4 Å². The summed E-state index contributed by atoms with van der Waals surface area (Å²) in [6.45, 7) is 2.42. The zero-order valence-corrected chi connectivity index (χ0v) is 18.9. The Balaban J connectivity index is 2.16. The zero-order chi connectivity index (χ0) is 23.9. The summed E-state index contributed by atoms with van der Waals surface area (Å²) in [4.78, 5) is 37.5. The maximum Gasteiger partial charge on any atom is 0.384 e. The largest absolute Gasteiger partial charge is 0.456 e. The van der Waals surface area contributed by atoms with Crippen LogP contribution in [0.1, 0.15) is 42.1 Å². The van der Waals surface area contributed by atoms with Crippen LogP contribution in [0.15, 0.2) is 60.7 Å². The Morgan fingerprint density at radius 1 is 0.970 bits per heavy atom. The number of nitrogens with one attached hydrogen (secondary N) is 2. The van der Waals surface area contributed by atoms with Gasteiger partial charge in [0.25, 0.3) is 5.91 Å². The predicted molar refractivity (Wildman–Crippen MR) is 127 cm³/mol. The molecule has 2 rings (SSSR count). The first-order valence-corrected chi connectivity index (χ1v) is 11.1. The Kier molecular flexibility index (Phi) is 11.2. The molecule has 0 saturated heterocycles. The van der Waals surface area contributed by atoms with Gasteiger partial charge >= 0.3 is 5.97 Å². The second-order valence-electron chi connectivity index (χ2n) is 7.42. The quantitative estimate of drug-likeness (QED) is 0.211. The third-order valence-corrected chi connectivity index (χ3v) is 4.83. The highest BCUT2D eigenvalue weighted by Gasteiger charge is 2.23. The molecule has 0 fully saturated rings. The lowest BCUT2D eigenvalue weighted by molar-refractivity contribution is -0.136. The molecule has 0 spiro atoms. The van der Waals surface area contributed by atoms with Crippen molar-refractivity contribution in [1.82, 2.24) is 10.6 Å². The molecule has 4 N–H and O–H groups in total. The smallest absolute Gasteiger partial charge is 0.384 e. The summed E-state index contributed by atoms with van der Waals surface area (Å²) in [6, 6.07) is 16.8. The molecule has 0 aliphatic carbocycles. The predicted octanol–water partition coefficient (Wildman–Crippen LogP) is 2.21. The number of hydrogen-bond donors (Lipinski definition) is 3. The van der Waals surface area contributed by atoms with Gasteiger partial charge in [0.15, 0.2) is 0 Å². The fourth-order valence-corrected chi connectivity index (χ4v) is 3.17. The number of ether oxygens (including phenoxy) is 1. The Hall–Kier alpha value is -3.63. The van der Waals surface area contributed by atoms with Gasteiger partial charge < -0.3 is 21.1 Å². The number of hydrogen-bond acceptors (Lipinski definition) is 5. The van der Waals surface area contributed by atoms with Gasteiger partial charge in [-0.2, -0.15) is 0 Å². The molecule has 174 valence electrons. The minimum Gasteiger partial charge on any atom is -0.456 e. The molecule has 0 aromatic heterocycles. The first-order chi connectivity index (χ1) is 16.0. The Morgan fingerprint density at radius 2 is 1.64 bits per heavy atom. The highest BCUT2D eigenvalue weighted by molar-refractivity contribution is 5.97. The van der Waals surface area contributed by atoms with Crippen LogP contribution in [0.25, 0.3) is 0 Å². The van der Waals surface area contributed by atoms with E-state index in [-0.39, 0.29) is 18.4 Å². The fraction of sp³-hybridized carbons (Fsp3) is 0.346. The standard InChI is InChI=1S/C26H31N3O4/c1-2-33-24(30)17-16-22(19-20-11-5-3-6-12-20)28-26(32)23(15-9-10-18-27)29-25(31)21-13-7-4-8-14-21/h3-8,11-14,22-23H,2,9-10,15,18-19,27H2,1H3,(H,28,32)(H,29,31)/t22-,23+/m1/s1. The molecule has 2 aromatic rings. The van der Waals surface area contributed by atoms with E-state index in [2.05, 4.69) is 22.5 Å². The number of amides is 2. The summed E-state index contributed by atoms with van der Waals surface area (Å²) >= 11 is 0. The molecule has 0 unspecified atom stereocenters.